The molecule has 0 atom stereocenters. The monoisotopic (exact) mass is 422 g/mol. The van der Waals surface area contributed by atoms with Crippen LogP contribution in [0.2, 0.25) is 0 Å². The van der Waals surface area contributed by atoms with Crippen molar-refractivity contribution in [3.8, 4) is 29.6 Å². The molecule has 10 heteroatoms. The first-order valence-corrected chi connectivity index (χ1v) is 10.1. The number of nitrogens with zero attached hydrogens (tertiary/aromatic N) is 5. The number of aromatic amines is 1. The summed E-state index contributed by atoms with van der Waals surface area (Å²) in [4.78, 5) is 37.0. The number of amides is 1. The molecule has 0 unspecified atom stereocenters. The van der Waals surface area contributed by atoms with Gasteiger partial charge in [-0.3, -0.25) is 9.48 Å². The van der Waals surface area contributed by atoms with E-state index in [0.29, 0.717) is 54.5 Å². The number of H-pyrrole nitrogens is 1. The van der Waals surface area contributed by atoms with Crippen molar-refractivity contribution in [1.29, 1.82) is 0 Å². The van der Waals surface area contributed by atoms with E-state index < -0.39 is 11.7 Å². The van der Waals surface area contributed by atoms with Crippen molar-refractivity contribution in [2.75, 3.05) is 19.7 Å². The van der Waals surface area contributed by atoms with Gasteiger partial charge in [-0.25, -0.2) is 14.8 Å². The molecular weight excluding hydrogens is 400 g/mol. The second-order valence-electron chi connectivity index (χ2n) is 7.27. The van der Waals surface area contributed by atoms with Crippen molar-refractivity contribution < 1.29 is 14.6 Å². The number of pyridine rings is 1. The zero-order valence-electron chi connectivity index (χ0n) is 17.3. The van der Waals surface area contributed by atoms with Crippen molar-refractivity contribution >= 4 is 17.1 Å². The molecule has 1 saturated heterocycles. The largest absolute Gasteiger partial charge is 0.477 e. The number of hydrogen-bond donors (Lipinski definition) is 2. The number of terminal acetylenes is 1. The van der Waals surface area contributed by atoms with E-state index in [4.69, 9.17) is 16.3 Å². The second kappa shape index (κ2) is 8.10. The van der Waals surface area contributed by atoms with Crippen LogP contribution < -0.4 is 10.3 Å². The maximum absolute atomic E-state index is 12.9. The van der Waals surface area contributed by atoms with Gasteiger partial charge in [0.05, 0.1) is 23.9 Å². The van der Waals surface area contributed by atoms with Crippen molar-refractivity contribution in [3.05, 3.63) is 33.9 Å². The minimum absolute atomic E-state index is 0.127. The van der Waals surface area contributed by atoms with E-state index in [1.807, 2.05) is 13.8 Å². The number of aryl methyl sites for hydroxylation is 1. The van der Waals surface area contributed by atoms with E-state index >= 15 is 0 Å². The number of likely N-dealkylation sites (tertiary alicyclic amines) is 1. The first-order valence-electron chi connectivity index (χ1n) is 10.1. The van der Waals surface area contributed by atoms with Crippen molar-refractivity contribution in [3.63, 3.8) is 0 Å². The fraction of sp³-hybridized carbons (Fsp3) is 0.381. The molecule has 0 saturated carbocycles. The molecule has 0 aromatic carbocycles. The number of aromatic nitrogens is 5. The maximum atomic E-state index is 12.9. The quantitative estimate of drug-likeness (QED) is 0.582. The molecule has 0 radical (unpaired) electrons. The van der Waals surface area contributed by atoms with Crippen molar-refractivity contribution in [2.45, 2.75) is 32.7 Å². The van der Waals surface area contributed by atoms with Gasteiger partial charge >= 0.3 is 6.09 Å². The molecule has 3 aromatic heterocycles. The predicted molar refractivity (Wildman–Crippen MR) is 113 cm³/mol. The van der Waals surface area contributed by atoms with E-state index in [1.165, 1.54) is 11.1 Å². The summed E-state index contributed by atoms with van der Waals surface area (Å²) in [7, 11) is 0. The third kappa shape index (κ3) is 3.59. The lowest BCUT2D eigenvalue weighted by atomic mass is 10.1. The third-order valence-corrected chi connectivity index (χ3v) is 5.18. The second-order valence-corrected chi connectivity index (χ2v) is 7.27. The summed E-state index contributed by atoms with van der Waals surface area (Å²) in [6.07, 6.45) is 7.46. The molecule has 160 valence electrons. The van der Waals surface area contributed by atoms with Crippen LogP contribution >= 0.6 is 0 Å². The Morgan fingerprint density at radius 3 is 2.81 bits per heavy atom. The molecule has 0 spiro atoms. The SMILES string of the molecule is C#Cc1cnc(OCCC)c(-c2nc3c(CC)n(C4CN(C(=O)O)C4)nc3c(=O)[nH]2)c1. The number of fused-ring (bicyclic) bond motifs is 1. The Morgan fingerprint density at radius 2 is 2.16 bits per heavy atom. The van der Waals surface area contributed by atoms with Crippen molar-refractivity contribution in [1.82, 2.24) is 29.6 Å². The summed E-state index contributed by atoms with van der Waals surface area (Å²) in [5.74, 6) is 3.17. The zero-order chi connectivity index (χ0) is 22.1. The van der Waals surface area contributed by atoms with Gasteiger partial charge in [0.2, 0.25) is 5.88 Å². The number of rotatable bonds is 6. The summed E-state index contributed by atoms with van der Waals surface area (Å²) < 4.78 is 7.45. The number of hydrogen-bond acceptors (Lipinski definition) is 6. The first-order chi connectivity index (χ1) is 15.0. The summed E-state index contributed by atoms with van der Waals surface area (Å²) in [6, 6.07) is 1.58. The molecule has 1 aliphatic heterocycles. The lowest BCUT2D eigenvalue weighted by Gasteiger charge is -2.37. The minimum atomic E-state index is -0.968. The fourth-order valence-corrected chi connectivity index (χ4v) is 3.58. The highest BCUT2D eigenvalue weighted by Gasteiger charge is 2.34. The molecule has 0 aliphatic carbocycles. The Bertz CT molecular complexity index is 1250. The Hall–Kier alpha value is -3.87. The lowest BCUT2D eigenvalue weighted by molar-refractivity contribution is 0.0804. The van der Waals surface area contributed by atoms with Gasteiger partial charge in [-0.1, -0.05) is 19.8 Å². The highest BCUT2D eigenvalue weighted by molar-refractivity contribution is 5.79. The number of carboxylic acid groups (broad SMARTS) is 1. The van der Waals surface area contributed by atoms with Crippen LogP contribution in [-0.4, -0.2) is 60.5 Å². The smallest absolute Gasteiger partial charge is 0.407 e. The molecule has 2 N–H and O–H groups in total. The average Bonchev–Trinajstić information content (AvgIpc) is 3.09. The predicted octanol–water partition coefficient (Wildman–Crippen LogP) is 2.05. The Balaban J connectivity index is 1.82. The highest BCUT2D eigenvalue weighted by atomic mass is 16.5. The average molecular weight is 422 g/mol. The lowest BCUT2D eigenvalue weighted by Crippen LogP contribution is -2.50. The van der Waals surface area contributed by atoms with E-state index in [2.05, 4.69) is 26.0 Å². The van der Waals surface area contributed by atoms with Gasteiger partial charge in [-0.05, 0) is 18.9 Å². The van der Waals surface area contributed by atoms with Crippen LogP contribution in [0.25, 0.3) is 22.4 Å². The van der Waals surface area contributed by atoms with Crippen LogP contribution in [0.1, 0.15) is 37.6 Å². The number of ether oxygens (including phenoxy) is 1. The molecule has 1 aliphatic rings. The maximum Gasteiger partial charge on any atom is 0.407 e. The van der Waals surface area contributed by atoms with Crippen molar-refractivity contribution in [2.24, 2.45) is 0 Å². The van der Waals surface area contributed by atoms with Gasteiger partial charge in [0.1, 0.15) is 11.3 Å². The molecular formula is C21H22N6O4. The molecule has 1 amide bonds. The summed E-state index contributed by atoms with van der Waals surface area (Å²) in [6.45, 7) is 5.03. The number of carbonyl (C=O) groups is 1. The Labute approximate surface area is 177 Å². The minimum Gasteiger partial charge on any atom is -0.477 e. The van der Waals surface area contributed by atoms with Gasteiger partial charge in [-0.2, -0.15) is 5.10 Å². The van der Waals surface area contributed by atoms with Gasteiger partial charge in [-0.15, -0.1) is 6.42 Å². The molecule has 31 heavy (non-hydrogen) atoms. The summed E-state index contributed by atoms with van der Waals surface area (Å²) >= 11 is 0. The third-order valence-electron chi connectivity index (χ3n) is 5.18. The van der Waals surface area contributed by atoms with Crippen LogP contribution in [-0.2, 0) is 6.42 Å². The van der Waals surface area contributed by atoms with Crippen LogP contribution in [0, 0.1) is 12.3 Å². The van der Waals surface area contributed by atoms with Gasteiger partial charge < -0.3 is 19.7 Å². The topological polar surface area (TPSA) is 126 Å². The standard InChI is InChI=1S/C21H22N6O4/c1-4-7-31-20-14(8-12(5-2)9-22-20)18-23-16-15(6-3)27(25-17(16)19(28)24-18)13-10-26(11-13)21(29)30/h2,8-9,13H,4,6-7,10-11H2,1,3H3,(H,29,30)(H,23,24,28). The van der Waals surface area contributed by atoms with E-state index in [1.54, 1.807) is 10.7 Å². The fourth-order valence-electron chi connectivity index (χ4n) is 3.58. The van der Waals surface area contributed by atoms with E-state index in [0.717, 1.165) is 12.1 Å². The van der Waals surface area contributed by atoms with Gasteiger partial charge in [0.15, 0.2) is 5.52 Å². The highest BCUT2D eigenvalue weighted by Crippen LogP contribution is 2.29. The first kappa shape index (κ1) is 20.4. The van der Waals surface area contributed by atoms with Crippen LogP contribution in [0.15, 0.2) is 17.1 Å². The van der Waals surface area contributed by atoms with Gasteiger partial charge in [0.25, 0.3) is 5.56 Å². The van der Waals surface area contributed by atoms with Crippen LogP contribution in [0.3, 0.4) is 0 Å². The molecule has 3 aromatic rings. The molecule has 0 bridgehead atoms. The van der Waals surface area contributed by atoms with Crippen LogP contribution in [0.5, 0.6) is 5.88 Å². The molecule has 4 rings (SSSR count). The Kier molecular flexibility index (Phi) is 5.33. The normalized spacial score (nSPS) is 13.8. The van der Waals surface area contributed by atoms with Gasteiger partial charge in [0, 0.05) is 24.8 Å². The summed E-state index contributed by atoms with van der Waals surface area (Å²) in [5, 5.41) is 13.5. The number of nitrogens with one attached hydrogen (secondary N) is 1. The Morgan fingerprint density at radius 1 is 1.39 bits per heavy atom. The summed E-state index contributed by atoms with van der Waals surface area (Å²) in [5.41, 5.74) is 2.11. The zero-order valence-corrected chi connectivity index (χ0v) is 17.3. The molecule has 10 nitrogen and oxygen atoms in total. The molecule has 4 heterocycles. The van der Waals surface area contributed by atoms with E-state index in [-0.39, 0.29) is 11.6 Å². The van der Waals surface area contributed by atoms with Crippen LogP contribution in [0.4, 0.5) is 4.79 Å². The molecule has 1 fully saturated rings. The van der Waals surface area contributed by atoms with E-state index in [9.17, 15) is 9.59 Å².